The highest BCUT2D eigenvalue weighted by atomic mass is 16.5. The zero-order chi connectivity index (χ0) is 29.5. The normalized spacial score (nSPS) is 37.8. The molecule has 228 valence electrons. The summed E-state index contributed by atoms with van der Waals surface area (Å²) >= 11 is 0. The van der Waals surface area contributed by atoms with Gasteiger partial charge in [0.25, 0.3) is 0 Å². The standard InChI is InChI=1S/C37H56O4/c1-7-27(24(3)21-41-22-26-10-12-28(38)13-11-26)19-33(39)25(4)30-14-15-31-29-20-34(40)35-23(2)9-8-17-37(35,6)32(29)16-18-36(30,31)5/h10-13,20,23-25,27,30-33,35,38-39H,7-9,14-19,21-22H2,1-6H3/t23-,24?,25+,27?,30-,31+,32+,33?,35-,36-,37-/m1/s1. The molecule has 5 rings (SSSR count). The minimum absolute atomic E-state index is 0.137. The highest BCUT2D eigenvalue weighted by molar-refractivity contribution is 5.94. The quantitative estimate of drug-likeness (QED) is 0.300. The summed E-state index contributed by atoms with van der Waals surface area (Å²) in [4.78, 5) is 13.6. The average Bonchev–Trinajstić information content (AvgIpc) is 3.29. The topological polar surface area (TPSA) is 66.8 Å². The second kappa shape index (κ2) is 12.2. The first-order valence-electron chi connectivity index (χ1n) is 16.8. The van der Waals surface area contributed by atoms with E-state index in [0.717, 1.165) is 24.8 Å². The van der Waals surface area contributed by atoms with Gasteiger partial charge in [0.2, 0.25) is 0 Å². The number of carbonyl (C=O) groups is 1. The molecule has 0 aromatic heterocycles. The van der Waals surface area contributed by atoms with Gasteiger partial charge in [-0.25, -0.2) is 0 Å². The number of phenols is 1. The molecule has 0 heterocycles. The molecule has 3 fully saturated rings. The van der Waals surface area contributed by atoms with E-state index < -0.39 is 0 Å². The van der Waals surface area contributed by atoms with E-state index in [-0.39, 0.29) is 34.5 Å². The molecule has 4 heteroatoms. The third-order valence-corrected chi connectivity index (χ3v) is 13.0. The van der Waals surface area contributed by atoms with Gasteiger partial charge in [0.15, 0.2) is 5.78 Å². The molecule has 11 atom stereocenters. The fraction of sp³-hybridized carbons (Fsp3) is 0.757. The number of phenolic OH excluding ortho intramolecular Hbond substituents is 1. The number of aliphatic hydroxyl groups is 1. The molecular formula is C37H56O4. The van der Waals surface area contributed by atoms with Crippen LogP contribution < -0.4 is 0 Å². The van der Waals surface area contributed by atoms with Crippen molar-refractivity contribution < 1.29 is 19.7 Å². The van der Waals surface area contributed by atoms with Gasteiger partial charge in [-0.1, -0.05) is 72.1 Å². The van der Waals surface area contributed by atoms with Crippen molar-refractivity contribution in [3.05, 3.63) is 41.5 Å². The average molecular weight is 565 g/mol. The van der Waals surface area contributed by atoms with Gasteiger partial charge < -0.3 is 14.9 Å². The van der Waals surface area contributed by atoms with Gasteiger partial charge in [0.05, 0.1) is 12.7 Å². The molecule has 4 nitrogen and oxygen atoms in total. The Morgan fingerprint density at radius 1 is 1.00 bits per heavy atom. The lowest BCUT2D eigenvalue weighted by atomic mass is 9.46. The van der Waals surface area contributed by atoms with Crippen molar-refractivity contribution in [3.63, 3.8) is 0 Å². The number of fused-ring (bicyclic) bond motifs is 5. The second-order valence-corrected chi connectivity index (χ2v) is 15.2. The van der Waals surface area contributed by atoms with Crippen molar-refractivity contribution in [2.45, 2.75) is 112 Å². The lowest BCUT2D eigenvalue weighted by molar-refractivity contribution is -0.132. The van der Waals surface area contributed by atoms with Crippen molar-refractivity contribution >= 4 is 5.78 Å². The number of aliphatic hydroxyl groups excluding tert-OH is 1. The van der Waals surface area contributed by atoms with E-state index in [1.54, 1.807) is 12.1 Å². The van der Waals surface area contributed by atoms with Crippen LogP contribution in [-0.4, -0.2) is 28.7 Å². The summed E-state index contributed by atoms with van der Waals surface area (Å²) in [6.07, 6.45) is 12.1. The predicted octanol–water partition coefficient (Wildman–Crippen LogP) is 8.35. The molecule has 0 amide bonds. The first-order chi connectivity index (χ1) is 19.5. The van der Waals surface area contributed by atoms with Crippen LogP contribution in [-0.2, 0) is 16.1 Å². The third-order valence-electron chi connectivity index (χ3n) is 13.0. The molecule has 0 saturated heterocycles. The number of ether oxygens (including phenoxy) is 1. The Hall–Kier alpha value is -1.65. The first kappa shape index (κ1) is 30.8. The van der Waals surface area contributed by atoms with Gasteiger partial charge in [0.1, 0.15) is 5.75 Å². The Morgan fingerprint density at radius 3 is 2.41 bits per heavy atom. The monoisotopic (exact) mass is 564 g/mol. The minimum Gasteiger partial charge on any atom is -0.508 e. The van der Waals surface area contributed by atoms with E-state index in [4.69, 9.17) is 4.74 Å². The molecule has 0 spiro atoms. The molecule has 1 aromatic rings. The molecular weight excluding hydrogens is 508 g/mol. The lowest BCUT2D eigenvalue weighted by Crippen LogP contribution is -2.53. The van der Waals surface area contributed by atoms with Crippen LogP contribution in [0.2, 0.25) is 0 Å². The Bertz CT molecular complexity index is 1090. The van der Waals surface area contributed by atoms with Crippen molar-refractivity contribution in [2.24, 2.45) is 58.2 Å². The van der Waals surface area contributed by atoms with E-state index >= 15 is 0 Å². The summed E-state index contributed by atoms with van der Waals surface area (Å²) in [6, 6.07) is 7.20. The number of carbonyl (C=O) groups excluding carboxylic acids is 1. The molecule has 4 aliphatic rings. The van der Waals surface area contributed by atoms with Crippen LogP contribution in [0.3, 0.4) is 0 Å². The van der Waals surface area contributed by atoms with Gasteiger partial charge in [-0.3, -0.25) is 4.79 Å². The van der Waals surface area contributed by atoms with Crippen LogP contribution in [0, 0.1) is 58.2 Å². The fourth-order valence-electron chi connectivity index (χ4n) is 10.5. The number of hydrogen-bond acceptors (Lipinski definition) is 4. The van der Waals surface area contributed by atoms with Crippen LogP contribution in [0.4, 0.5) is 0 Å². The number of allylic oxidation sites excluding steroid dienone is 2. The van der Waals surface area contributed by atoms with E-state index in [0.29, 0.717) is 54.5 Å². The van der Waals surface area contributed by atoms with Crippen molar-refractivity contribution in [1.29, 1.82) is 0 Å². The van der Waals surface area contributed by atoms with E-state index in [1.807, 2.05) is 12.1 Å². The third kappa shape index (κ3) is 5.69. The molecule has 4 aliphatic carbocycles. The zero-order valence-corrected chi connectivity index (χ0v) is 26.6. The number of benzene rings is 1. The maximum atomic E-state index is 13.6. The molecule has 3 saturated carbocycles. The Morgan fingerprint density at radius 2 is 1.71 bits per heavy atom. The van der Waals surface area contributed by atoms with Crippen LogP contribution in [0.1, 0.15) is 105 Å². The fourth-order valence-corrected chi connectivity index (χ4v) is 10.5. The maximum Gasteiger partial charge on any atom is 0.159 e. The predicted molar refractivity (Wildman–Crippen MR) is 165 cm³/mol. The zero-order valence-electron chi connectivity index (χ0n) is 26.6. The van der Waals surface area contributed by atoms with Crippen LogP contribution in [0.5, 0.6) is 5.75 Å². The smallest absolute Gasteiger partial charge is 0.159 e. The number of ketones is 1. The second-order valence-electron chi connectivity index (χ2n) is 15.2. The SMILES string of the molecule is CCC(CC(O)[C@@H](C)[C@H]1CC[C@H]2C3=CC(=O)[C@H]4[C@H](C)CCC[C@]4(C)[C@H]3CC[C@]12C)C(C)COCc1ccc(O)cc1. The van der Waals surface area contributed by atoms with Gasteiger partial charge >= 0.3 is 0 Å². The van der Waals surface area contributed by atoms with Gasteiger partial charge in [-0.2, -0.15) is 0 Å². The van der Waals surface area contributed by atoms with Crippen molar-refractivity contribution in [1.82, 2.24) is 0 Å². The molecule has 0 bridgehead atoms. The Balaban J connectivity index is 1.22. The van der Waals surface area contributed by atoms with E-state index in [9.17, 15) is 15.0 Å². The summed E-state index contributed by atoms with van der Waals surface area (Å²) in [6.45, 7) is 15.3. The number of hydrogen-bond donors (Lipinski definition) is 2. The van der Waals surface area contributed by atoms with E-state index in [1.165, 1.54) is 44.1 Å². The molecule has 0 aliphatic heterocycles. The Labute approximate surface area is 249 Å². The summed E-state index contributed by atoms with van der Waals surface area (Å²) < 4.78 is 6.05. The lowest BCUT2D eigenvalue weighted by Gasteiger charge is -2.58. The highest BCUT2D eigenvalue weighted by Gasteiger charge is 2.60. The minimum atomic E-state index is -0.319. The highest BCUT2D eigenvalue weighted by Crippen LogP contribution is 2.67. The van der Waals surface area contributed by atoms with Crippen LogP contribution >= 0.6 is 0 Å². The summed E-state index contributed by atoms with van der Waals surface area (Å²) in [5, 5.41) is 21.1. The van der Waals surface area contributed by atoms with Crippen molar-refractivity contribution in [2.75, 3.05) is 6.61 Å². The van der Waals surface area contributed by atoms with Gasteiger partial charge in [-0.05, 0) is 121 Å². The molecule has 0 radical (unpaired) electrons. The summed E-state index contributed by atoms with van der Waals surface area (Å²) in [5.41, 5.74) is 2.87. The largest absolute Gasteiger partial charge is 0.508 e. The van der Waals surface area contributed by atoms with E-state index in [2.05, 4.69) is 47.6 Å². The number of rotatable bonds is 10. The molecule has 3 unspecified atom stereocenters. The molecule has 2 N–H and O–H groups in total. The van der Waals surface area contributed by atoms with Gasteiger partial charge in [-0.15, -0.1) is 0 Å². The maximum absolute atomic E-state index is 13.6. The van der Waals surface area contributed by atoms with Gasteiger partial charge in [0, 0.05) is 12.5 Å². The molecule has 41 heavy (non-hydrogen) atoms. The van der Waals surface area contributed by atoms with Crippen LogP contribution in [0.15, 0.2) is 35.9 Å². The summed E-state index contributed by atoms with van der Waals surface area (Å²) in [5.74, 6) is 3.99. The van der Waals surface area contributed by atoms with Crippen molar-refractivity contribution in [3.8, 4) is 5.75 Å². The number of aromatic hydroxyl groups is 1. The molecule has 1 aromatic carbocycles. The first-order valence-corrected chi connectivity index (χ1v) is 16.8. The Kier molecular flexibility index (Phi) is 9.13. The van der Waals surface area contributed by atoms with Crippen LogP contribution in [0.25, 0.3) is 0 Å². The summed E-state index contributed by atoms with van der Waals surface area (Å²) in [7, 11) is 0.